The number of anilines is 1. The Bertz CT molecular complexity index is 1430. The quantitative estimate of drug-likeness (QED) is 0.534. The SMILES string of the molecule is COc1ccccc1[C@H]1c2sc(=O)[nH]c2S[C@@H]2[C@H]3C[C@H]([C@H]4C(=O)N(c5ccc(C)cc5)C(=O)[C@@H]34)[C@@H]12. The summed E-state index contributed by atoms with van der Waals surface area (Å²) < 4.78 is 5.74. The standard InChI is InChI=1S/C27H24N2O4S2/c1-12-7-9-13(10-8-12)29-25(30)20-15-11-16(21(20)26(29)31)22-19(15)18(14-5-3-4-6-17(14)33-2)23-24(34-22)28-27(32)35-23/h3-10,15-16,18-22H,11H2,1-2H3,(H,28,32)/t15-,16-,18+,19-,20+,21-,22+/m0/s1. The first-order valence-corrected chi connectivity index (χ1v) is 13.6. The van der Waals surface area contributed by atoms with E-state index >= 15 is 0 Å². The van der Waals surface area contributed by atoms with Crippen molar-refractivity contribution in [2.75, 3.05) is 12.0 Å². The fourth-order valence-corrected chi connectivity index (χ4v) is 10.1. The van der Waals surface area contributed by atoms with E-state index in [0.717, 1.165) is 33.2 Å². The van der Waals surface area contributed by atoms with E-state index in [1.54, 1.807) is 18.9 Å². The third-order valence-electron chi connectivity index (χ3n) is 8.49. The smallest absolute Gasteiger partial charge is 0.305 e. The highest BCUT2D eigenvalue weighted by Gasteiger charge is 2.69. The molecule has 3 aromatic rings. The first-order chi connectivity index (χ1) is 17.0. The van der Waals surface area contributed by atoms with Crippen LogP contribution in [0.2, 0.25) is 0 Å². The molecule has 3 fully saturated rings. The third-order valence-corrected chi connectivity index (χ3v) is 11.1. The van der Waals surface area contributed by atoms with Gasteiger partial charge in [0.1, 0.15) is 5.75 Å². The van der Waals surface area contributed by atoms with E-state index in [2.05, 4.69) is 11.1 Å². The highest BCUT2D eigenvalue weighted by Crippen LogP contribution is 2.69. The van der Waals surface area contributed by atoms with Gasteiger partial charge < -0.3 is 9.72 Å². The summed E-state index contributed by atoms with van der Waals surface area (Å²) in [6.45, 7) is 2.00. The molecule has 0 radical (unpaired) electrons. The normalized spacial score (nSPS) is 32.5. The van der Waals surface area contributed by atoms with Crippen LogP contribution in [0.15, 0.2) is 58.4 Å². The van der Waals surface area contributed by atoms with E-state index in [0.29, 0.717) is 5.69 Å². The number of aromatic nitrogens is 1. The molecule has 7 atom stereocenters. The number of carbonyl (C=O) groups excluding carboxylic acids is 2. The molecule has 2 aliphatic carbocycles. The monoisotopic (exact) mass is 504 g/mol. The number of ether oxygens (including phenoxy) is 1. The number of carbonyl (C=O) groups is 2. The van der Waals surface area contributed by atoms with E-state index < -0.39 is 0 Å². The lowest BCUT2D eigenvalue weighted by Gasteiger charge is -2.43. The minimum absolute atomic E-state index is 0.0383. The van der Waals surface area contributed by atoms with Crippen LogP contribution in [0.1, 0.15) is 28.3 Å². The lowest BCUT2D eigenvalue weighted by Crippen LogP contribution is -2.42. The van der Waals surface area contributed by atoms with Crippen molar-refractivity contribution >= 4 is 40.6 Å². The molecule has 35 heavy (non-hydrogen) atoms. The number of aryl methyl sites for hydroxylation is 1. The second-order valence-electron chi connectivity index (χ2n) is 10.0. The Labute approximate surface area is 210 Å². The molecule has 2 saturated carbocycles. The van der Waals surface area contributed by atoms with Gasteiger partial charge in [-0.25, -0.2) is 0 Å². The molecule has 8 heteroatoms. The van der Waals surface area contributed by atoms with Crippen LogP contribution in [0.5, 0.6) is 5.75 Å². The van der Waals surface area contributed by atoms with Crippen LogP contribution in [-0.2, 0) is 9.59 Å². The van der Waals surface area contributed by atoms with Gasteiger partial charge in [-0.1, -0.05) is 47.2 Å². The van der Waals surface area contributed by atoms with Gasteiger partial charge in [0.05, 0.1) is 29.7 Å². The van der Waals surface area contributed by atoms with Crippen LogP contribution in [0.4, 0.5) is 5.69 Å². The van der Waals surface area contributed by atoms with Crippen molar-refractivity contribution in [2.45, 2.75) is 29.5 Å². The predicted molar refractivity (Wildman–Crippen MR) is 135 cm³/mol. The van der Waals surface area contributed by atoms with Crippen LogP contribution in [0, 0.1) is 36.5 Å². The summed E-state index contributed by atoms with van der Waals surface area (Å²) in [6.07, 6.45) is 0.877. The summed E-state index contributed by atoms with van der Waals surface area (Å²) >= 11 is 2.97. The average Bonchev–Trinajstić information content (AvgIpc) is 3.59. The molecule has 3 heterocycles. The molecule has 2 aliphatic heterocycles. The lowest BCUT2D eigenvalue weighted by atomic mass is 9.68. The summed E-state index contributed by atoms with van der Waals surface area (Å²) in [5.74, 6) is 0.415. The number of methoxy groups -OCH3 is 1. The Morgan fingerprint density at radius 3 is 2.43 bits per heavy atom. The van der Waals surface area contributed by atoms with Crippen molar-refractivity contribution in [1.29, 1.82) is 0 Å². The van der Waals surface area contributed by atoms with E-state index in [1.165, 1.54) is 16.2 Å². The second kappa shape index (κ2) is 7.58. The second-order valence-corrected chi connectivity index (χ2v) is 12.3. The first-order valence-electron chi connectivity index (χ1n) is 11.9. The molecular formula is C27H24N2O4S2. The number of rotatable bonds is 3. The van der Waals surface area contributed by atoms with Gasteiger partial charge in [0.25, 0.3) is 0 Å². The maximum absolute atomic E-state index is 13.8. The van der Waals surface area contributed by atoms with Crippen LogP contribution < -0.4 is 14.5 Å². The van der Waals surface area contributed by atoms with Crippen LogP contribution >= 0.6 is 23.1 Å². The highest BCUT2D eigenvalue weighted by atomic mass is 32.2. The van der Waals surface area contributed by atoms with Crippen molar-refractivity contribution in [3.05, 3.63) is 74.2 Å². The number of fused-ring (bicyclic) bond motifs is 9. The van der Waals surface area contributed by atoms with Gasteiger partial charge in [0, 0.05) is 21.6 Å². The number of benzene rings is 2. The van der Waals surface area contributed by atoms with Crippen molar-refractivity contribution in [2.24, 2.45) is 29.6 Å². The van der Waals surface area contributed by atoms with Gasteiger partial charge in [0.2, 0.25) is 11.8 Å². The minimum atomic E-state index is -0.301. The Morgan fingerprint density at radius 1 is 0.971 bits per heavy atom. The number of H-pyrrole nitrogens is 1. The van der Waals surface area contributed by atoms with Crippen molar-refractivity contribution in [3.63, 3.8) is 0 Å². The molecule has 1 saturated heterocycles. The topological polar surface area (TPSA) is 79.5 Å². The molecular weight excluding hydrogens is 480 g/mol. The number of para-hydroxylation sites is 1. The Balaban J connectivity index is 1.34. The Hall–Kier alpha value is -2.84. The van der Waals surface area contributed by atoms with Crippen molar-refractivity contribution in [1.82, 2.24) is 4.98 Å². The number of thioether (sulfide) groups is 1. The zero-order valence-corrected chi connectivity index (χ0v) is 20.9. The van der Waals surface area contributed by atoms with Crippen molar-refractivity contribution in [3.8, 4) is 5.75 Å². The Morgan fingerprint density at radius 2 is 1.69 bits per heavy atom. The number of hydrogen-bond donors (Lipinski definition) is 1. The van der Waals surface area contributed by atoms with Gasteiger partial charge in [0.15, 0.2) is 0 Å². The number of nitrogens with zero attached hydrogens (tertiary/aromatic N) is 1. The fraction of sp³-hybridized carbons (Fsp3) is 0.370. The van der Waals surface area contributed by atoms with Gasteiger partial charge in [-0.05, 0) is 49.3 Å². The van der Waals surface area contributed by atoms with E-state index in [4.69, 9.17) is 4.74 Å². The maximum Gasteiger partial charge on any atom is 0.305 e. The van der Waals surface area contributed by atoms with Crippen molar-refractivity contribution < 1.29 is 14.3 Å². The number of hydrogen-bond acceptors (Lipinski definition) is 6. The molecule has 2 amide bonds. The largest absolute Gasteiger partial charge is 0.496 e. The van der Waals surface area contributed by atoms with Gasteiger partial charge >= 0.3 is 4.87 Å². The molecule has 6 nitrogen and oxygen atoms in total. The highest BCUT2D eigenvalue weighted by molar-refractivity contribution is 8.00. The van der Waals surface area contributed by atoms with Gasteiger partial charge in [-0.3, -0.25) is 19.3 Å². The zero-order valence-electron chi connectivity index (χ0n) is 19.3. The van der Waals surface area contributed by atoms with E-state index in [-0.39, 0.29) is 57.4 Å². The summed E-state index contributed by atoms with van der Waals surface area (Å²) in [5, 5.41) is 1.08. The first kappa shape index (κ1) is 21.4. The molecule has 1 N–H and O–H groups in total. The average molecular weight is 505 g/mol. The number of imide groups is 1. The van der Waals surface area contributed by atoms with Crippen LogP contribution in [-0.4, -0.2) is 29.2 Å². The molecule has 2 bridgehead atoms. The third kappa shape index (κ3) is 2.87. The molecule has 2 aromatic carbocycles. The molecule has 7 rings (SSSR count). The number of aromatic amines is 1. The molecule has 178 valence electrons. The van der Waals surface area contributed by atoms with E-state index in [9.17, 15) is 14.4 Å². The summed E-state index contributed by atoms with van der Waals surface area (Å²) in [6, 6.07) is 15.6. The summed E-state index contributed by atoms with van der Waals surface area (Å²) in [4.78, 5) is 45.3. The minimum Gasteiger partial charge on any atom is -0.496 e. The number of nitrogens with one attached hydrogen (secondary N) is 1. The van der Waals surface area contributed by atoms with Crippen LogP contribution in [0.3, 0.4) is 0 Å². The summed E-state index contributed by atoms with van der Waals surface area (Å²) in [5.41, 5.74) is 2.81. The molecule has 1 aromatic heterocycles. The van der Waals surface area contributed by atoms with Gasteiger partial charge in [-0.15, -0.1) is 11.8 Å². The maximum atomic E-state index is 13.8. The molecule has 4 aliphatic rings. The fourth-order valence-electron chi connectivity index (χ4n) is 7.24. The summed E-state index contributed by atoms with van der Waals surface area (Å²) in [7, 11) is 1.67. The Kier molecular flexibility index (Phi) is 4.64. The zero-order chi connectivity index (χ0) is 24.0. The number of amides is 2. The predicted octanol–water partition coefficient (Wildman–Crippen LogP) is 4.43. The molecule has 0 unspecified atom stereocenters. The number of thiazole rings is 1. The lowest BCUT2D eigenvalue weighted by molar-refractivity contribution is -0.123. The van der Waals surface area contributed by atoms with Crippen LogP contribution in [0.25, 0.3) is 0 Å². The van der Waals surface area contributed by atoms with E-state index in [1.807, 2.05) is 49.4 Å². The molecule has 0 spiro atoms. The van der Waals surface area contributed by atoms with Gasteiger partial charge in [-0.2, -0.15) is 0 Å².